The van der Waals surface area contributed by atoms with Gasteiger partial charge >= 0.3 is 11.7 Å². The van der Waals surface area contributed by atoms with Crippen LogP contribution in [-0.4, -0.2) is 71.6 Å². The Morgan fingerprint density at radius 2 is 1.97 bits per heavy atom. The van der Waals surface area contributed by atoms with Crippen molar-refractivity contribution in [1.29, 1.82) is 0 Å². The zero-order valence-corrected chi connectivity index (χ0v) is 20.1. The minimum absolute atomic E-state index is 0.0572. The Morgan fingerprint density at radius 3 is 2.46 bits per heavy atom. The Labute approximate surface area is 205 Å². The lowest BCUT2D eigenvalue weighted by Crippen LogP contribution is -2.28. The summed E-state index contributed by atoms with van der Waals surface area (Å²) >= 11 is 1.47. The molecule has 3 atom stereocenters. The molecule has 1 fully saturated rings. The van der Waals surface area contributed by atoms with Crippen molar-refractivity contribution in [2.24, 2.45) is 5.73 Å². The molecule has 2 heterocycles. The average molecular weight is 517 g/mol. The number of aromatic hydroxyl groups is 2. The fraction of sp³-hybridized carbons (Fsp3) is 0.450. The van der Waals surface area contributed by atoms with Crippen molar-refractivity contribution < 1.29 is 35.2 Å². The summed E-state index contributed by atoms with van der Waals surface area (Å²) < 4.78 is 6.79. The van der Waals surface area contributed by atoms with Gasteiger partial charge in [0.2, 0.25) is 0 Å². The zero-order chi connectivity index (χ0) is 26.5. The maximum absolute atomic E-state index is 11.4. The van der Waals surface area contributed by atoms with Crippen molar-refractivity contribution in [3.8, 4) is 11.5 Å². The van der Waals surface area contributed by atoms with Crippen LogP contribution in [0.4, 0.5) is 10.6 Å². The predicted octanol–water partition coefficient (Wildman–Crippen LogP) is -0.421. The van der Waals surface area contributed by atoms with Gasteiger partial charge in [0.15, 0.2) is 11.5 Å². The van der Waals surface area contributed by atoms with Crippen LogP contribution in [0.15, 0.2) is 35.3 Å². The number of phenolic OH excluding ortho intramolecular Hbond substituents is 2. The number of nitrogens with one attached hydrogen (secondary N) is 2. The van der Waals surface area contributed by atoms with E-state index in [0.717, 1.165) is 0 Å². The standard InChI is InChI=1S/C11H17NO3.C8H11N3O3S.CH4N2O2/c1-7(2)12-6-11(15)8-3-4-9(13)10(14)5-8;9-5-1-2-11(8(13)10-5)6-4-15-7(3-12)14-6;2-1(4)3-5/h3-5,7,11-15H,6H2,1-2H3;1-2,6-7,12H,3-4H2,(H2,9,10,13);5H,(H3,2,3,4)/t;6-,7+;/m.1./s1. The fourth-order valence-corrected chi connectivity index (χ4v) is 3.47. The molecule has 11 N–H and O–H groups in total. The number of hydrogen-bond donors (Lipinski definition) is 9. The first-order chi connectivity index (χ1) is 16.5. The highest BCUT2D eigenvalue weighted by atomic mass is 32.2. The Bertz CT molecular complexity index is 992. The first-order valence-corrected chi connectivity index (χ1v) is 11.4. The highest BCUT2D eigenvalue weighted by Gasteiger charge is 2.27. The number of ether oxygens (including phenoxy) is 1. The minimum atomic E-state index is -0.940. The van der Waals surface area contributed by atoms with Gasteiger partial charge in [-0.2, -0.15) is 4.98 Å². The molecule has 1 saturated heterocycles. The number of benzene rings is 1. The SMILES string of the molecule is CC(C)NCC(O)c1ccc(O)c(O)c1.NC(=O)NO.Nc1ccn([C@H]2CS[C@@H](CO)O2)c(=O)n1. The summed E-state index contributed by atoms with van der Waals surface area (Å²) in [4.78, 5) is 24.3. The van der Waals surface area contributed by atoms with Gasteiger partial charge in [0, 0.05) is 24.5 Å². The number of aliphatic hydroxyl groups is 2. The second kappa shape index (κ2) is 15.0. The number of nitrogen functional groups attached to an aromatic ring is 1. The molecule has 2 aromatic rings. The van der Waals surface area contributed by atoms with Crippen molar-refractivity contribution in [1.82, 2.24) is 20.3 Å². The number of amides is 2. The molecule has 1 unspecified atom stereocenters. The van der Waals surface area contributed by atoms with Gasteiger partial charge in [0.1, 0.15) is 17.5 Å². The minimum Gasteiger partial charge on any atom is -0.504 e. The summed E-state index contributed by atoms with van der Waals surface area (Å²) in [5, 5.41) is 47.4. The molecule has 1 aromatic carbocycles. The third-order valence-corrected chi connectivity index (χ3v) is 5.37. The Hall–Kier alpha value is -3.08. The number of carbonyl (C=O) groups excluding carboxylic acids is 1. The van der Waals surface area contributed by atoms with Crippen LogP contribution < -0.4 is 28.0 Å². The van der Waals surface area contributed by atoms with Gasteiger partial charge in [-0.3, -0.25) is 9.77 Å². The molecular weight excluding hydrogens is 484 g/mol. The monoisotopic (exact) mass is 516 g/mol. The lowest BCUT2D eigenvalue weighted by molar-refractivity contribution is -0.00629. The van der Waals surface area contributed by atoms with Crippen LogP contribution in [0.5, 0.6) is 11.5 Å². The first-order valence-electron chi connectivity index (χ1n) is 10.3. The van der Waals surface area contributed by atoms with Crippen molar-refractivity contribution in [3.05, 3.63) is 46.5 Å². The van der Waals surface area contributed by atoms with E-state index in [2.05, 4.69) is 16.0 Å². The Balaban J connectivity index is 0.000000295. The summed E-state index contributed by atoms with van der Waals surface area (Å²) in [5.74, 6) is 0.427. The third-order valence-electron chi connectivity index (χ3n) is 4.26. The van der Waals surface area contributed by atoms with Crippen LogP contribution in [0.2, 0.25) is 0 Å². The predicted molar refractivity (Wildman–Crippen MR) is 129 cm³/mol. The number of urea groups is 1. The maximum atomic E-state index is 11.4. The topological polar surface area (TPSA) is 238 Å². The van der Waals surface area contributed by atoms with Crippen LogP contribution in [0, 0.1) is 0 Å². The van der Waals surface area contributed by atoms with E-state index in [9.17, 15) is 19.8 Å². The van der Waals surface area contributed by atoms with E-state index in [0.29, 0.717) is 23.9 Å². The molecule has 15 heteroatoms. The second-order valence-corrected chi connectivity index (χ2v) is 8.57. The molecule has 0 bridgehead atoms. The van der Waals surface area contributed by atoms with Crippen LogP contribution in [0.1, 0.15) is 31.7 Å². The quantitative estimate of drug-likeness (QED) is 0.135. The van der Waals surface area contributed by atoms with Crippen molar-refractivity contribution in [2.45, 2.75) is 37.7 Å². The molecule has 2 amide bonds. The second-order valence-electron chi connectivity index (χ2n) is 7.38. The van der Waals surface area contributed by atoms with Crippen LogP contribution >= 0.6 is 11.8 Å². The maximum Gasteiger partial charge on any atom is 0.351 e. The highest BCUT2D eigenvalue weighted by Crippen LogP contribution is 2.30. The molecule has 196 valence electrons. The summed E-state index contributed by atoms with van der Waals surface area (Å²) in [6, 6.07) is 5.21. The first kappa shape index (κ1) is 30.0. The lowest BCUT2D eigenvalue weighted by atomic mass is 10.1. The summed E-state index contributed by atoms with van der Waals surface area (Å²) in [7, 11) is 0. The number of nitrogens with zero attached hydrogens (tertiary/aromatic N) is 2. The summed E-state index contributed by atoms with van der Waals surface area (Å²) in [6.45, 7) is 4.34. The molecule has 0 radical (unpaired) electrons. The smallest absolute Gasteiger partial charge is 0.351 e. The number of phenols is 2. The average Bonchev–Trinajstić information content (AvgIpc) is 3.29. The fourth-order valence-electron chi connectivity index (χ4n) is 2.54. The van der Waals surface area contributed by atoms with Crippen LogP contribution in [0.3, 0.4) is 0 Å². The molecule has 14 nitrogen and oxygen atoms in total. The van der Waals surface area contributed by atoms with E-state index in [1.165, 1.54) is 33.9 Å². The van der Waals surface area contributed by atoms with Gasteiger partial charge < -0.3 is 41.9 Å². The number of aliphatic hydroxyl groups excluding tert-OH is 2. The van der Waals surface area contributed by atoms with Crippen LogP contribution in [0.25, 0.3) is 0 Å². The number of hydroxylamine groups is 1. The molecule has 1 aliphatic heterocycles. The van der Waals surface area contributed by atoms with E-state index in [1.807, 2.05) is 13.8 Å². The number of rotatable bonds is 6. The number of nitrogens with two attached hydrogens (primary N) is 2. The molecule has 0 spiro atoms. The molecule has 1 aromatic heterocycles. The van der Waals surface area contributed by atoms with Crippen molar-refractivity contribution in [2.75, 3.05) is 24.6 Å². The Kier molecular flexibility index (Phi) is 12.9. The van der Waals surface area contributed by atoms with Gasteiger partial charge in [-0.1, -0.05) is 19.9 Å². The summed E-state index contributed by atoms with van der Waals surface area (Å²) in [5.41, 5.74) is 10.7. The van der Waals surface area contributed by atoms with E-state index in [-0.39, 0.29) is 35.6 Å². The number of primary amides is 1. The molecule has 35 heavy (non-hydrogen) atoms. The number of hydrogen-bond acceptors (Lipinski definition) is 12. The largest absolute Gasteiger partial charge is 0.504 e. The number of anilines is 1. The Morgan fingerprint density at radius 1 is 1.31 bits per heavy atom. The van der Waals surface area contributed by atoms with Crippen molar-refractivity contribution in [3.63, 3.8) is 0 Å². The van der Waals surface area contributed by atoms with E-state index < -0.39 is 17.8 Å². The third kappa shape index (κ3) is 10.8. The number of aromatic nitrogens is 2. The molecule has 0 saturated carbocycles. The lowest BCUT2D eigenvalue weighted by Gasteiger charge is -2.14. The number of thioether (sulfide) groups is 1. The van der Waals surface area contributed by atoms with Gasteiger partial charge in [0.25, 0.3) is 0 Å². The molecule has 1 aliphatic rings. The van der Waals surface area contributed by atoms with Crippen molar-refractivity contribution >= 4 is 23.6 Å². The van der Waals surface area contributed by atoms with Gasteiger partial charge in [-0.05, 0) is 23.8 Å². The van der Waals surface area contributed by atoms with Gasteiger partial charge in [0.05, 0.1) is 12.7 Å². The zero-order valence-electron chi connectivity index (χ0n) is 19.2. The number of carbonyl (C=O) groups is 1. The van der Waals surface area contributed by atoms with Gasteiger partial charge in [-0.25, -0.2) is 15.1 Å². The highest BCUT2D eigenvalue weighted by molar-refractivity contribution is 8.00. The van der Waals surface area contributed by atoms with Gasteiger partial charge in [-0.15, -0.1) is 11.8 Å². The normalized spacial score (nSPS) is 17.5. The van der Waals surface area contributed by atoms with E-state index in [1.54, 1.807) is 18.3 Å². The summed E-state index contributed by atoms with van der Waals surface area (Å²) in [6.07, 6.45) is 0.502. The molecule has 3 rings (SSSR count). The van der Waals surface area contributed by atoms with E-state index >= 15 is 0 Å². The molecular formula is C20H32N6O8S. The van der Waals surface area contributed by atoms with Crippen LogP contribution in [-0.2, 0) is 4.74 Å². The van der Waals surface area contributed by atoms with E-state index in [4.69, 9.17) is 25.9 Å². The molecule has 0 aliphatic carbocycles.